The smallest absolute Gasteiger partial charge is 0.408 e. The number of ether oxygens (including phenoxy) is 2. The van der Waals surface area contributed by atoms with Gasteiger partial charge >= 0.3 is 6.09 Å². The minimum Gasteiger partial charge on any atom is -0.490 e. The van der Waals surface area contributed by atoms with Crippen LogP contribution in [0.5, 0.6) is 0 Å². The van der Waals surface area contributed by atoms with Gasteiger partial charge < -0.3 is 14.8 Å². The summed E-state index contributed by atoms with van der Waals surface area (Å²) in [5.41, 5.74) is -0.575. The van der Waals surface area contributed by atoms with Gasteiger partial charge in [0.2, 0.25) is 5.78 Å². The number of rotatable bonds is 4. The second-order valence-electron chi connectivity index (χ2n) is 5.18. The molecule has 102 valence electrons. The SMILES string of the molecule is CC[C@@H](NC(=O)OC(C)(C)C)C(=O)C1=CCCO1. The lowest BCUT2D eigenvalue weighted by atomic mass is 10.1. The molecule has 0 radical (unpaired) electrons. The monoisotopic (exact) mass is 255 g/mol. The molecule has 5 heteroatoms. The molecule has 0 aromatic rings. The van der Waals surface area contributed by atoms with E-state index in [0.29, 0.717) is 18.8 Å². The van der Waals surface area contributed by atoms with E-state index in [0.717, 1.165) is 6.42 Å². The zero-order valence-corrected chi connectivity index (χ0v) is 11.4. The molecule has 0 saturated heterocycles. The van der Waals surface area contributed by atoms with Gasteiger partial charge in [-0.15, -0.1) is 0 Å². The van der Waals surface area contributed by atoms with Crippen LogP contribution in [0, 0.1) is 0 Å². The van der Waals surface area contributed by atoms with Crippen LogP contribution in [0.2, 0.25) is 0 Å². The number of hydrogen-bond donors (Lipinski definition) is 1. The first-order chi connectivity index (χ1) is 8.33. The number of carbonyl (C=O) groups excluding carboxylic acids is 2. The Morgan fingerprint density at radius 2 is 2.17 bits per heavy atom. The molecule has 1 aliphatic rings. The molecule has 1 N–H and O–H groups in total. The third-order valence-electron chi connectivity index (χ3n) is 2.36. The largest absolute Gasteiger partial charge is 0.490 e. The zero-order valence-electron chi connectivity index (χ0n) is 11.4. The van der Waals surface area contributed by atoms with Gasteiger partial charge in [0.1, 0.15) is 5.60 Å². The van der Waals surface area contributed by atoms with Crippen molar-refractivity contribution >= 4 is 11.9 Å². The molecular weight excluding hydrogens is 234 g/mol. The Bertz CT molecular complexity index is 354. The van der Waals surface area contributed by atoms with Crippen molar-refractivity contribution in [2.45, 2.75) is 52.2 Å². The molecule has 0 aromatic heterocycles. The molecule has 0 saturated carbocycles. The molecule has 0 aliphatic carbocycles. The number of amides is 1. The number of nitrogens with one attached hydrogen (secondary N) is 1. The molecule has 1 heterocycles. The van der Waals surface area contributed by atoms with E-state index in [-0.39, 0.29) is 5.78 Å². The quantitative estimate of drug-likeness (QED) is 0.836. The minimum absolute atomic E-state index is 0.194. The average Bonchev–Trinajstić information content (AvgIpc) is 2.75. The van der Waals surface area contributed by atoms with Crippen LogP contribution in [0.4, 0.5) is 4.79 Å². The molecule has 1 atom stereocenters. The van der Waals surface area contributed by atoms with Crippen LogP contribution in [-0.4, -0.2) is 30.1 Å². The molecule has 18 heavy (non-hydrogen) atoms. The van der Waals surface area contributed by atoms with E-state index in [1.165, 1.54) is 0 Å². The third kappa shape index (κ3) is 4.39. The highest BCUT2D eigenvalue weighted by molar-refractivity contribution is 5.99. The van der Waals surface area contributed by atoms with Crippen LogP contribution in [-0.2, 0) is 14.3 Å². The van der Waals surface area contributed by atoms with Crippen molar-refractivity contribution < 1.29 is 19.1 Å². The van der Waals surface area contributed by atoms with Crippen molar-refractivity contribution in [3.63, 3.8) is 0 Å². The highest BCUT2D eigenvalue weighted by atomic mass is 16.6. The Balaban J connectivity index is 2.56. The maximum absolute atomic E-state index is 12.0. The molecule has 1 rings (SSSR count). The van der Waals surface area contributed by atoms with E-state index in [1.54, 1.807) is 26.8 Å². The Kier molecular flexibility index (Phi) is 4.76. The number of alkyl carbamates (subject to hydrolysis) is 1. The Morgan fingerprint density at radius 3 is 2.61 bits per heavy atom. The van der Waals surface area contributed by atoms with Gasteiger partial charge in [-0.05, 0) is 33.3 Å². The highest BCUT2D eigenvalue weighted by Gasteiger charge is 2.27. The Morgan fingerprint density at radius 1 is 1.50 bits per heavy atom. The second kappa shape index (κ2) is 5.89. The summed E-state index contributed by atoms with van der Waals surface area (Å²) in [6, 6.07) is -0.593. The summed E-state index contributed by atoms with van der Waals surface area (Å²) in [6.45, 7) is 7.69. The van der Waals surface area contributed by atoms with E-state index in [4.69, 9.17) is 9.47 Å². The maximum Gasteiger partial charge on any atom is 0.408 e. The van der Waals surface area contributed by atoms with Crippen molar-refractivity contribution in [1.82, 2.24) is 5.32 Å². The first kappa shape index (κ1) is 14.5. The fourth-order valence-electron chi connectivity index (χ4n) is 1.56. The summed E-state index contributed by atoms with van der Waals surface area (Å²) in [5.74, 6) is 0.152. The van der Waals surface area contributed by atoms with Gasteiger partial charge in [0.15, 0.2) is 5.76 Å². The van der Waals surface area contributed by atoms with Crippen molar-refractivity contribution in [1.29, 1.82) is 0 Å². The van der Waals surface area contributed by atoms with Crippen LogP contribution < -0.4 is 5.32 Å². The first-order valence-corrected chi connectivity index (χ1v) is 6.20. The van der Waals surface area contributed by atoms with Crippen molar-refractivity contribution in [2.75, 3.05) is 6.61 Å². The normalized spacial score (nSPS) is 16.6. The van der Waals surface area contributed by atoms with Crippen molar-refractivity contribution in [2.24, 2.45) is 0 Å². The van der Waals surface area contributed by atoms with Gasteiger partial charge in [-0.3, -0.25) is 4.79 Å². The molecule has 0 unspecified atom stereocenters. The maximum atomic E-state index is 12.0. The zero-order chi connectivity index (χ0) is 13.8. The third-order valence-corrected chi connectivity index (χ3v) is 2.36. The lowest BCUT2D eigenvalue weighted by Gasteiger charge is -2.22. The van der Waals surface area contributed by atoms with Gasteiger partial charge in [-0.25, -0.2) is 4.79 Å². The first-order valence-electron chi connectivity index (χ1n) is 6.20. The fourth-order valence-corrected chi connectivity index (χ4v) is 1.56. The van der Waals surface area contributed by atoms with Gasteiger partial charge in [0.05, 0.1) is 12.6 Å². The van der Waals surface area contributed by atoms with Crippen LogP contribution in [0.15, 0.2) is 11.8 Å². The molecule has 5 nitrogen and oxygen atoms in total. The number of carbonyl (C=O) groups is 2. The number of Topliss-reactive ketones (excluding diaryl/α,β-unsaturated/α-hetero) is 1. The van der Waals surface area contributed by atoms with Crippen molar-refractivity contribution in [3.05, 3.63) is 11.8 Å². The van der Waals surface area contributed by atoms with Gasteiger partial charge in [0.25, 0.3) is 0 Å². The van der Waals surface area contributed by atoms with Gasteiger partial charge in [0, 0.05) is 6.42 Å². The van der Waals surface area contributed by atoms with E-state index >= 15 is 0 Å². The van der Waals surface area contributed by atoms with Crippen LogP contribution in [0.3, 0.4) is 0 Å². The summed E-state index contributed by atoms with van der Waals surface area (Å²) < 4.78 is 10.3. The standard InChI is InChI=1S/C13H21NO4/c1-5-9(11(15)10-7-6-8-17-10)14-12(16)18-13(2,3)4/h7,9H,5-6,8H2,1-4H3,(H,14,16)/t9-/m1/s1. The summed E-state index contributed by atoms with van der Waals surface area (Å²) in [5, 5.41) is 2.57. The van der Waals surface area contributed by atoms with Gasteiger partial charge in [-0.1, -0.05) is 6.92 Å². The molecule has 0 spiro atoms. The minimum atomic E-state index is -0.593. The fraction of sp³-hybridized carbons (Fsp3) is 0.692. The van der Waals surface area contributed by atoms with E-state index in [1.807, 2.05) is 6.92 Å². The van der Waals surface area contributed by atoms with Crippen LogP contribution >= 0.6 is 0 Å². The predicted octanol–water partition coefficient (Wildman–Crippen LogP) is 2.16. The second-order valence-corrected chi connectivity index (χ2v) is 5.18. The molecule has 0 bridgehead atoms. The predicted molar refractivity (Wildman–Crippen MR) is 67.1 cm³/mol. The topological polar surface area (TPSA) is 64.6 Å². The summed E-state index contributed by atoms with van der Waals surface area (Å²) in [6.07, 6.45) is 2.41. The summed E-state index contributed by atoms with van der Waals surface area (Å²) >= 11 is 0. The lowest BCUT2D eigenvalue weighted by molar-refractivity contribution is -0.120. The summed E-state index contributed by atoms with van der Waals surface area (Å²) in [7, 11) is 0. The molecule has 1 amide bonds. The molecule has 1 aliphatic heterocycles. The van der Waals surface area contributed by atoms with Crippen molar-refractivity contribution in [3.8, 4) is 0 Å². The highest BCUT2D eigenvalue weighted by Crippen LogP contribution is 2.14. The lowest BCUT2D eigenvalue weighted by Crippen LogP contribution is -2.43. The van der Waals surface area contributed by atoms with E-state index < -0.39 is 17.7 Å². The van der Waals surface area contributed by atoms with E-state index in [2.05, 4.69) is 5.32 Å². The molecular formula is C13H21NO4. The van der Waals surface area contributed by atoms with Crippen LogP contribution in [0.1, 0.15) is 40.5 Å². The molecule has 0 fully saturated rings. The Labute approximate surface area is 108 Å². The summed E-state index contributed by atoms with van der Waals surface area (Å²) in [4.78, 5) is 23.6. The average molecular weight is 255 g/mol. The van der Waals surface area contributed by atoms with Gasteiger partial charge in [-0.2, -0.15) is 0 Å². The van der Waals surface area contributed by atoms with Crippen LogP contribution in [0.25, 0.3) is 0 Å². The number of hydrogen-bond acceptors (Lipinski definition) is 4. The van der Waals surface area contributed by atoms with E-state index in [9.17, 15) is 9.59 Å². The molecule has 0 aromatic carbocycles. The Hall–Kier alpha value is -1.52. The number of ketones is 1.